The lowest BCUT2D eigenvalue weighted by atomic mass is 9.78. The number of nitrogens with zero attached hydrogens (tertiary/aromatic N) is 1. The lowest BCUT2D eigenvalue weighted by Gasteiger charge is -2.41. The third kappa shape index (κ3) is 2.24. The number of aliphatic hydroxyl groups is 2. The molecule has 0 fully saturated rings. The first kappa shape index (κ1) is 20.5. The maximum atomic E-state index is 12.4. The maximum absolute atomic E-state index is 12.4. The quantitative estimate of drug-likeness (QED) is 0.226. The van der Waals surface area contributed by atoms with Crippen molar-refractivity contribution in [3.63, 3.8) is 0 Å². The molecule has 0 saturated heterocycles. The first-order valence-electron chi connectivity index (χ1n) is 8.10. The van der Waals surface area contributed by atoms with Crippen LogP contribution in [-0.2, 0) is 30.1 Å². The summed E-state index contributed by atoms with van der Waals surface area (Å²) < 4.78 is 69.2. The number of pyridine rings is 1. The number of aromatic hydroxyl groups is 2. The van der Waals surface area contributed by atoms with Crippen LogP contribution in [0.4, 0.5) is 0 Å². The van der Waals surface area contributed by atoms with E-state index >= 15 is 0 Å². The van der Waals surface area contributed by atoms with Gasteiger partial charge in [0, 0.05) is 28.3 Å². The largest absolute Gasteiger partial charge is 0.504 e. The first-order chi connectivity index (χ1) is 13.8. The number of fused-ring (bicyclic) bond motifs is 4. The molecule has 0 bridgehead atoms. The smallest absolute Gasteiger partial charge is 0.304 e. The van der Waals surface area contributed by atoms with E-state index in [-0.39, 0.29) is 0 Å². The van der Waals surface area contributed by atoms with Crippen molar-refractivity contribution in [1.29, 1.82) is 0 Å². The number of benzene rings is 2. The van der Waals surface area contributed by atoms with Gasteiger partial charge in [0.1, 0.15) is 5.52 Å². The monoisotopic (exact) mass is 455 g/mol. The van der Waals surface area contributed by atoms with Crippen molar-refractivity contribution in [2.45, 2.75) is 9.87 Å². The van der Waals surface area contributed by atoms with E-state index in [1.807, 2.05) is 0 Å². The van der Waals surface area contributed by atoms with E-state index in [2.05, 4.69) is 4.98 Å². The summed E-state index contributed by atoms with van der Waals surface area (Å²) in [6.45, 7) is 0. The highest BCUT2D eigenvalue weighted by atomic mass is 32.2. The summed E-state index contributed by atoms with van der Waals surface area (Å²) in [5, 5.41) is 42.9. The fraction of sp³-hybridized carbons (Fsp3) is 0.118. The summed E-state index contributed by atoms with van der Waals surface area (Å²) in [5.41, 5.74) is -4.37. The number of rotatable bonds is 2. The molecular formula is C17H13NO10S2. The molecule has 13 heteroatoms. The van der Waals surface area contributed by atoms with Crippen LogP contribution in [0.25, 0.3) is 10.9 Å². The summed E-state index contributed by atoms with van der Waals surface area (Å²) in [5.74, 6) is -2.42. The average molecular weight is 455 g/mol. The van der Waals surface area contributed by atoms with E-state index in [1.165, 1.54) is 12.1 Å². The summed E-state index contributed by atoms with van der Waals surface area (Å²) >= 11 is 0. The molecule has 0 radical (unpaired) electrons. The Hall–Kier alpha value is -2.81. The van der Waals surface area contributed by atoms with Crippen LogP contribution in [0.1, 0.15) is 22.3 Å². The molecule has 6 N–H and O–H groups in total. The van der Waals surface area contributed by atoms with E-state index in [0.717, 1.165) is 30.5 Å². The van der Waals surface area contributed by atoms with Gasteiger partial charge in [0.2, 0.25) is 9.87 Å². The van der Waals surface area contributed by atoms with Gasteiger partial charge in [-0.2, -0.15) is 16.8 Å². The van der Waals surface area contributed by atoms with Crippen molar-refractivity contribution in [2.24, 2.45) is 0 Å². The zero-order valence-electron chi connectivity index (χ0n) is 14.6. The van der Waals surface area contributed by atoms with Gasteiger partial charge in [-0.05, 0) is 6.07 Å². The van der Waals surface area contributed by atoms with E-state index < -0.39 is 74.8 Å². The fourth-order valence-corrected chi connectivity index (χ4v) is 5.68. The van der Waals surface area contributed by atoms with Crippen molar-refractivity contribution in [3.05, 3.63) is 64.8 Å². The standard InChI is InChI=1S/C17H13NO10S2/c19-14-12-11(8-4-3-7-18-13(8)15(14)20)16(21,29(23,24)25)9-5-1-2-6-10(9)17(12,22)30(26,27)28/h1-7,19-22H,(H,23,24,25)(H,26,27,28). The van der Waals surface area contributed by atoms with Gasteiger partial charge >= 0.3 is 20.2 Å². The van der Waals surface area contributed by atoms with Crippen LogP contribution in [0.5, 0.6) is 11.5 Å². The van der Waals surface area contributed by atoms with Crippen molar-refractivity contribution < 1.29 is 46.4 Å². The Morgan fingerprint density at radius 2 is 1.23 bits per heavy atom. The first-order valence-corrected chi connectivity index (χ1v) is 11.0. The molecule has 158 valence electrons. The predicted octanol–water partition coefficient (Wildman–Crippen LogP) is 0.122. The van der Waals surface area contributed by atoms with Crippen LogP contribution in [0.15, 0.2) is 42.6 Å². The van der Waals surface area contributed by atoms with Gasteiger partial charge in [-0.15, -0.1) is 0 Å². The summed E-state index contributed by atoms with van der Waals surface area (Å²) in [6, 6.07) is 6.46. The van der Waals surface area contributed by atoms with Gasteiger partial charge in [0.05, 0.1) is 5.56 Å². The summed E-state index contributed by atoms with van der Waals surface area (Å²) in [7, 11) is -11.1. The van der Waals surface area contributed by atoms with Gasteiger partial charge < -0.3 is 20.4 Å². The van der Waals surface area contributed by atoms with Gasteiger partial charge in [-0.3, -0.25) is 14.1 Å². The van der Waals surface area contributed by atoms with Gasteiger partial charge in [-0.1, -0.05) is 30.3 Å². The molecule has 1 aliphatic carbocycles. The molecule has 1 aliphatic rings. The van der Waals surface area contributed by atoms with Crippen molar-refractivity contribution in [2.75, 3.05) is 0 Å². The van der Waals surface area contributed by atoms with Crippen molar-refractivity contribution >= 4 is 31.1 Å². The van der Waals surface area contributed by atoms with Crippen LogP contribution in [-0.4, -0.2) is 51.4 Å². The Balaban J connectivity index is 2.44. The molecule has 30 heavy (non-hydrogen) atoms. The van der Waals surface area contributed by atoms with Crippen LogP contribution in [0.3, 0.4) is 0 Å². The molecule has 2 atom stereocenters. The molecule has 0 amide bonds. The second-order valence-electron chi connectivity index (χ2n) is 6.63. The second kappa shape index (κ2) is 5.87. The van der Waals surface area contributed by atoms with E-state index in [4.69, 9.17) is 0 Å². The van der Waals surface area contributed by atoms with Crippen LogP contribution < -0.4 is 0 Å². The number of phenolic OH excluding ortho intramolecular Hbond substituents is 2. The third-order valence-corrected chi connectivity index (χ3v) is 7.44. The van der Waals surface area contributed by atoms with E-state index in [1.54, 1.807) is 0 Å². The Labute approximate surface area is 169 Å². The Bertz CT molecular complexity index is 1450. The maximum Gasteiger partial charge on any atom is 0.304 e. The molecule has 1 aromatic heterocycles. The molecule has 4 rings (SSSR count). The fourth-order valence-electron chi connectivity index (χ4n) is 3.84. The molecule has 0 saturated carbocycles. The Kier molecular flexibility index (Phi) is 4.01. The predicted molar refractivity (Wildman–Crippen MR) is 101 cm³/mol. The molecule has 11 nitrogen and oxygen atoms in total. The number of phenols is 2. The average Bonchev–Trinajstić information content (AvgIpc) is 2.67. The van der Waals surface area contributed by atoms with E-state index in [0.29, 0.717) is 0 Å². The van der Waals surface area contributed by atoms with Crippen LogP contribution >= 0.6 is 0 Å². The molecule has 0 aliphatic heterocycles. The minimum absolute atomic E-state index is 0.417. The summed E-state index contributed by atoms with van der Waals surface area (Å²) in [6.07, 6.45) is 1.14. The molecule has 2 unspecified atom stereocenters. The topological polar surface area (TPSA) is 203 Å². The third-order valence-electron chi connectivity index (χ3n) is 5.09. The molecular weight excluding hydrogens is 442 g/mol. The molecule has 3 aromatic rings. The lowest BCUT2D eigenvalue weighted by Crippen LogP contribution is -2.50. The highest BCUT2D eigenvalue weighted by molar-refractivity contribution is 7.87. The van der Waals surface area contributed by atoms with Crippen LogP contribution in [0, 0.1) is 0 Å². The zero-order valence-corrected chi connectivity index (χ0v) is 16.3. The van der Waals surface area contributed by atoms with Gasteiger partial charge in [0.25, 0.3) is 0 Å². The molecule has 2 aromatic carbocycles. The van der Waals surface area contributed by atoms with E-state index in [9.17, 15) is 46.4 Å². The summed E-state index contributed by atoms with van der Waals surface area (Å²) in [4.78, 5) is -3.14. The van der Waals surface area contributed by atoms with Crippen molar-refractivity contribution in [1.82, 2.24) is 4.98 Å². The molecule has 1 heterocycles. The van der Waals surface area contributed by atoms with Gasteiger partial charge in [-0.25, -0.2) is 0 Å². The lowest BCUT2D eigenvalue weighted by molar-refractivity contribution is 0.105. The highest BCUT2D eigenvalue weighted by Crippen LogP contribution is 2.58. The molecule has 0 spiro atoms. The number of hydrogen-bond donors (Lipinski definition) is 6. The number of aromatic nitrogens is 1. The Morgan fingerprint density at radius 3 is 1.73 bits per heavy atom. The van der Waals surface area contributed by atoms with Crippen molar-refractivity contribution in [3.8, 4) is 11.5 Å². The van der Waals surface area contributed by atoms with Crippen LogP contribution in [0.2, 0.25) is 0 Å². The Morgan fingerprint density at radius 1 is 0.733 bits per heavy atom. The SMILES string of the molecule is O=S(=O)(O)C1(O)c2ccccc2C(O)(S(=O)(=O)O)c2c1c(O)c(O)c1ncccc21. The second-order valence-corrected chi connectivity index (χ2v) is 9.71. The minimum atomic E-state index is -5.58. The zero-order chi connectivity index (χ0) is 22.3. The number of hydrogen-bond acceptors (Lipinski definition) is 9. The minimum Gasteiger partial charge on any atom is -0.504 e. The normalized spacial score (nSPS) is 23.7. The highest BCUT2D eigenvalue weighted by Gasteiger charge is 2.62. The van der Waals surface area contributed by atoms with Gasteiger partial charge in [0.15, 0.2) is 11.5 Å².